The second kappa shape index (κ2) is 6.74. The Kier molecular flexibility index (Phi) is 4.85. The summed E-state index contributed by atoms with van der Waals surface area (Å²) in [5.74, 6) is 0.0397. The van der Waals surface area contributed by atoms with E-state index in [0.717, 1.165) is 12.8 Å². The smallest absolute Gasteiger partial charge is 0.263 e. The van der Waals surface area contributed by atoms with E-state index in [1.165, 1.54) is 12.1 Å². The number of benzene rings is 2. The zero-order valence-electron chi connectivity index (χ0n) is 12.4. The largest absolute Gasteiger partial charge is 0.326 e. The van der Waals surface area contributed by atoms with Crippen molar-refractivity contribution in [1.82, 2.24) is 0 Å². The molecule has 0 saturated heterocycles. The number of anilines is 2. The molecule has 126 valence electrons. The van der Waals surface area contributed by atoms with Crippen LogP contribution in [0.3, 0.4) is 0 Å². The SMILES string of the molecule is O=C(Nc1cccc(NS(=O)(=O)c2ccc(Br)cc2Cl)c1)C1CC1. The predicted octanol–water partition coefficient (Wildman–Crippen LogP) is 4.25. The van der Waals surface area contributed by atoms with Gasteiger partial charge < -0.3 is 5.32 Å². The molecule has 1 amide bonds. The van der Waals surface area contributed by atoms with Crippen molar-refractivity contribution in [1.29, 1.82) is 0 Å². The Bertz CT molecular complexity index is 898. The topological polar surface area (TPSA) is 75.3 Å². The fraction of sp³-hybridized carbons (Fsp3) is 0.188. The molecule has 0 radical (unpaired) electrons. The summed E-state index contributed by atoms with van der Waals surface area (Å²) in [7, 11) is -3.83. The van der Waals surface area contributed by atoms with E-state index < -0.39 is 10.0 Å². The van der Waals surface area contributed by atoms with Crippen LogP contribution in [0.15, 0.2) is 51.8 Å². The van der Waals surface area contributed by atoms with Crippen molar-refractivity contribution in [3.63, 3.8) is 0 Å². The van der Waals surface area contributed by atoms with E-state index in [1.54, 1.807) is 30.3 Å². The van der Waals surface area contributed by atoms with Gasteiger partial charge in [-0.15, -0.1) is 0 Å². The number of sulfonamides is 1. The predicted molar refractivity (Wildman–Crippen MR) is 97.8 cm³/mol. The Morgan fingerprint density at radius 3 is 2.50 bits per heavy atom. The molecule has 1 aliphatic rings. The fourth-order valence-electron chi connectivity index (χ4n) is 2.15. The number of halogens is 2. The van der Waals surface area contributed by atoms with Crippen LogP contribution in [0.2, 0.25) is 5.02 Å². The van der Waals surface area contributed by atoms with Gasteiger partial charge in [-0.25, -0.2) is 8.42 Å². The Balaban J connectivity index is 1.80. The first-order valence-corrected chi connectivity index (χ1v) is 9.89. The van der Waals surface area contributed by atoms with Crippen LogP contribution in [-0.4, -0.2) is 14.3 Å². The van der Waals surface area contributed by atoms with Gasteiger partial charge in [0.1, 0.15) is 4.90 Å². The molecule has 2 aromatic carbocycles. The van der Waals surface area contributed by atoms with Gasteiger partial charge in [-0.05, 0) is 49.2 Å². The molecule has 0 atom stereocenters. The van der Waals surface area contributed by atoms with Gasteiger partial charge >= 0.3 is 0 Å². The second-order valence-corrected chi connectivity index (χ2v) is 8.50. The van der Waals surface area contributed by atoms with Crippen LogP contribution in [0.4, 0.5) is 11.4 Å². The summed E-state index contributed by atoms with van der Waals surface area (Å²) in [6.45, 7) is 0. The minimum absolute atomic E-state index is 0.0141. The number of carbonyl (C=O) groups excluding carboxylic acids is 1. The first-order valence-electron chi connectivity index (χ1n) is 7.24. The molecule has 2 N–H and O–H groups in total. The molecule has 0 heterocycles. The van der Waals surface area contributed by atoms with E-state index in [2.05, 4.69) is 26.0 Å². The minimum atomic E-state index is -3.83. The van der Waals surface area contributed by atoms with Gasteiger partial charge in [0.25, 0.3) is 10.0 Å². The molecule has 0 aromatic heterocycles. The molecule has 0 bridgehead atoms. The van der Waals surface area contributed by atoms with Crippen LogP contribution in [0, 0.1) is 5.92 Å². The molecule has 0 aliphatic heterocycles. The molecule has 0 spiro atoms. The van der Waals surface area contributed by atoms with E-state index in [4.69, 9.17) is 11.6 Å². The summed E-state index contributed by atoms with van der Waals surface area (Å²) in [6.07, 6.45) is 1.81. The number of hydrogen-bond donors (Lipinski definition) is 2. The van der Waals surface area contributed by atoms with Crippen LogP contribution in [0.5, 0.6) is 0 Å². The molecule has 2 aromatic rings. The third-order valence-electron chi connectivity index (χ3n) is 3.51. The Morgan fingerprint density at radius 2 is 1.83 bits per heavy atom. The zero-order chi connectivity index (χ0) is 17.3. The number of carbonyl (C=O) groups is 1. The molecule has 1 saturated carbocycles. The molecule has 1 fully saturated rings. The minimum Gasteiger partial charge on any atom is -0.326 e. The van der Waals surface area contributed by atoms with Crippen LogP contribution in [0.25, 0.3) is 0 Å². The van der Waals surface area contributed by atoms with Crippen LogP contribution in [0.1, 0.15) is 12.8 Å². The Labute approximate surface area is 153 Å². The molecule has 1 aliphatic carbocycles. The van der Waals surface area contributed by atoms with E-state index >= 15 is 0 Å². The summed E-state index contributed by atoms with van der Waals surface area (Å²) < 4.78 is 28.1. The maximum Gasteiger partial charge on any atom is 0.263 e. The van der Waals surface area contributed by atoms with Gasteiger partial charge in [0, 0.05) is 16.1 Å². The highest BCUT2D eigenvalue weighted by Crippen LogP contribution is 2.31. The molecule has 5 nitrogen and oxygen atoms in total. The molecular weight excluding hydrogens is 416 g/mol. The summed E-state index contributed by atoms with van der Waals surface area (Å²) in [5.41, 5.74) is 0.900. The number of hydrogen-bond acceptors (Lipinski definition) is 3. The number of nitrogens with one attached hydrogen (secondary N) is 2. The molecule has 8 heteroatoms. The van der Waals surface area contributed by atoms with Crippen molar-refractivity contribution >= 4 is 54.8 Å². The average molecular weight is 430 g/mol. The Morgan fingerprint density at radius 1 is 1.12 bits per heavy atom. The lowest BCUT2D eigenvalue weighted by Crippen LogP contribution is -2.15. The third-order valence-corrected chi connectivity index (χ3v) is 5.87. The van der Waals surface area contributed by atoms with Crippen LogP contribution < -0.4 is 10.0 Å². The number of rotatable bonds is 5. The van der Waals surface area contributed by atoms with Gasteiger partial charge in [0.15, 0.2) is 0 Å². The summed E-state index contributed by atoms with van der Waals surface area (Å²) in [5, 5.41) is 2.90. The monoisotopic (exact) mass is 428 g/mol. The van der Waals surface area contributed by atoms with Crippen LogP contribution in [-0.2, 0) is 14.8 Å². The molecule has 24 heavy (non-hydrogen) atoms. The zero-order valence-corrected chi connectivity index (χ0v) is 15.6. The van der Waals surface area contributed by atoms with E-state index in [0.29, 0.717) is 15.8 Å². The second-order valence-electron chi connectivity index (χ2n) is 5.52. The molecule has 0 unspecified atom stereocenters. The molecule has 3 rings (SSSR count). The van der Waals surface area contributed by atoms with E-state index in [1.807, 2.05) is 0 Å². The number of amides is 1. The first-order chi connectivity index (χ1) is 11.3. The van der Waals surface area contributed by atoms with Gasteiger partial charge in [0.2, 0.25) is 5.91 Å². The van der Waals surface area contributed by atoms with Crippen molar-refractivity contribution in [2.45, 2.75) is 17.7 Å². The lowest BCUT2D eigenvalue weighted by Gasteiger charge is -2.11. The van der Waals surface area contributed by atoms with Crippen LogP contribution >= 0.6 is 27.5 Å². The lowest BCUT2D eigenvalue weighted by molar-refractivity contribution is -0.117. The van der Waals surface area contributed by atoms with Gasteiger partial charge in [-0.1, -0.05) is 33.6 Å². The first kappa shape index (κ1) is 17.3. The highest BCUT2D eigenvalue weighted by molar-refractivity contribution is 9.10. The third kappa shape index (κ3) is 4.09. The quantitative estimate of drug-likeness (QED) is 0.746. The van der Waals surface area contributed by atoms with Gasteiger partial charge in [-0.2, -0.15) is 0 Å². The maximum absolute atomic E-state index is 12.5. The summed E-state index contributed by atoms with van der Waals surface area (Å²) >= 11 is 9.26. The Hall–Kier alpha value is -1.57. The standard InChI is InChI=1S/C16H14BrClN2O3S/c17-11-6-7-15(14(18)8-11)24(22,23)20-13-3-1-2-12(9-13)19-16(21)10-4-5-10/h1-3,6-10,20H,4-5H2,(H,19,21). The van der Waals surface area contributed by atoms with Gasteiger partial charge in [-0.3, -0.25) is 9.52 Å². The lowest BCUT2D eigenvalue weighted by atomic mass is 10.2. The van der Waals surface area contributed by atoms with Crippen molar-refractivity contribution in [2.75, 3.05) is 10.0 Å². The van der Waals surface area contributed by atoms with Crippen molar-refractivity contribution in [3.8, 4) is 0 Å². The summed E-state index contributed by atoms with van der Waals surface area (Å²) in [6, 6.07) is 11.1. The normalized spacial score (nSPS) is 14.2. The highest BCUT2D eigenvalue weighted by atomic mass is 79.9. The summed E-state index contributed by atoms with van der Waals surface area (Å²) in [4.78, 5) is 11.8. The van der Waals surface area contributed by atoms with Crippen molar-refractivity contribution in [2.24, 2.45) is 5.92 Å². The van der Waals surface area contributed by atoms with Crippen molar-refractivity contribution < 1.29 is 13.2 Å². The fourth-order valence-corrected chi connectivity index (χ4v) is 4.24. The average Bonchev–Trinajstić information content (AvgIpc) is 3.31. The van der Waals surface area contributed by atoms with E-state index in [9.17, 15) is 13.2 Å². The van der Waals surface area contributed by atoms with Gasteiger partial charge in [0.05, 0.1) is 10.7 Å². The van der Waals surface area contributed by atoms with E-state index in [-0.39, 0.29) is 21.7 Å². The highest BCUT2D eigenvalue weighted by Gasteiger charge is 2.29. The maximum atomic E-state index is 12.5. The van der Waals surface area contributed by atoms with Crippen molar-refractivity contribution in [3.05, 3.63) is 52.0 Å². The molecular formula is C16H14BrClN2O3S.